The molecule has 0 unspecified atom stereocenters. The Labute approximate surface area is 204 Å². The van der Waals surface area contributed by atoms with E-state index in [1.54, 1.807) is 0 Å². The lowest BCUT2D eigenvalue weighted by atomic mass is 10.0. The van der Waals surface area contributed by atoms with Gasteiger partial charge in [-0.2, -0.15) is 0 Å². The number of hydrogen-bond acceptors (Lipinski definition) is 6. The molecule has 2 fully saturated rings. The van der Waals surface area contributed by atoms with Crippen molar-refractivity contribution in [2.75, 3.05) is 32.9 Å². The molecule has 0 bridgehead atoms. The summed E-state index contributed by atoms with van der Waals surface area (Å²) in [6.45, 7) is 12.9. The zero-order valence-electron chi connectivity index (χ0n) is 21.0. The van der Waals surface area contributed by atoms with Gasteiger partial charge in [0.05, 0.1) is 0 Å². The molecule has 0 spiro atoms. The van der Waals surface area contributed by atoms with Gasteiger partial charge in [0.1, 0.15) is 30.3 Å². The average Bonchev–Trinajstić information content (AvgIpc) is 3.16. The highest BCUT2D eigenvalue weighted by Crippen LogP contribution is 2.25. The molecular formula is C28H40N2O4. The van der Waals surface area contributed by atoms with Crippen LogP contribution in [-0.4, -0.2) is 67.2 Å². The maximum Gasteiger partial charge on any atom is 0.138 e. The van der Waals surface area contributed by atoms with E-state index in [-0.39, 0.29) is 6.10 Å². The highest BCUT2D eigenvalue weighted by molar-refractivity contribution is 5.40. The van der Waals surface area contributed by atoms with Gasteiger partial charge < -0.3 is 24.6 Å². The highest BCUT2D eigenvalue weighted by Gasteiger charge is 2.33. The Kier molecular flexibility index (Phi) is 8.48. The zero-order chi connectivity index (χ0) is 24.1. The average molecular weight is 469 g/mol. The monoisotopic (exact) mass is 468 g/mol. The molecule has 2 aromatic rings. The Morgan fingerprint density at radius 3 is 2.38 bits per heavy atom. The Balaban J connectivity index is 1.23. The van der Waals surface area contributed by atoms with Crippen molar-refractivity contribution in [3.8, 4) is 11.5 Å². The van der Waals surface area contributed by atoms with Crippen molar-refractivity contribution in [3.63, 3.8) is 0 Å². The molecule has 2 aliphatic rings. The van der Waals surface area contributed by atoms with Crippen molar-refractivity contribution in [3.05, 3.63) is 58.7 Å². The minimum Gasteiger partial charge on any atom is -0.492 e. The largest absolute Gasteiger partial charge is 0.492 e. The summed E-state index contributed by atoms with van der Waals surface area (Å²) in [6, 6.07) is 13.2. The molecular weight excluding hydrogens is 428 g/mol. The number of nitrogens with one attached hydrogen (secondary N) is 1. The van der Waals surface area contributed by atoms with E-state index < -0.39 is 6.10 Å². The molecule has 34 heavy (non-hydrogen) atoms. The molecule has 6 heteroatoms. The van der Waals surface area contributed by atoms with Crippen LogP contribution in [0.25, 0.3) is 0 Å². The summed E-state index contributed by atoms with van der Waals surface area (Å²) in [5.41, 5.74) is 4.93. The first-order chi connectivity index (χ1) is 16.4. The summed E-state index contributed by atoms with van der Waals surface area (Å²) in [7, 11) is 0. The van der Waals surface area contributed by atoms with E-state index in [2.05, 4.69) is 62.2 Å². The van der Waals surface area contributed by atoms with E-state index in [9.17, 15) is 5.11 Å². The Hall–Kier alpha value is -2.12. The van der Waals surface area contributed by atoms with Crippen LogP contribution in [0, 0.1) is 20.8 Å². The number of nitrogens with zero attached hydrogens (tertiary/aromatic N) is 1. The predicted molar refractivity (Wildman–Crippen MR) is 135 cm³/mol. The van der Waals surface area contributed by atoms with E-state index in [4.69, 9.17) is 14.2 Å². The van der Waals surface area contributed by atoms with Crippen molar-refractivity contribution in [1.82, 2.24) is 10.2 Å². The number of β-amino-alcohol motifs (C(OH)–C–C–N with tert-alkyl or cyclic N) is 1. The van der Waals surface area contributed by atoms with E-state index >= 15 is 0 Å². The van der Waals surface area contributed by atoms with Crippen molar-refractivity contribution >= 4 is 0 Å². The van der Waals surface area contributed by atoms with Crippen LogP contribution >= 0.6 is 0 Å². The number of ether oxygens (including phenoxy) is 3. The van der Waals surface area contributed by atoms with Crippen LogP contribution in [0.5, 0.6) is 11.5 Å². The molecule has 186 valence electrons. The summed E-state index contributed by atoms with van der Waals surface area (Å²) in [6.07, 6.45) is 1.43. The fourth-order valence-corrected chi connectivity index (χ4v) is 4.80. The molecule has 0 aliphatic carbocycles. The fourth-order valence-electron chi connectivity index (χ4n) is 4.80. The zero-order valence-corrected chi connectivity index (χ0v) is 21.0. The fraction of sp³-hybridized carbons (Fsp3) is 0.571. The number of rotatable bonds is 9. The highest BCUT2D eigenvalue weighted by atomic mass is 16.5. The third kappa shape index (κ3) is 6.72. The van der Waals surface area contributed by atoms with Crippen LogP contribution in [-0.2, 0) is 11.3 Å². The molecule has 2 N–H and O–H groups in total. The Bertz CT molecular complexity index is 903. The lowest BCUT2D eigenvalue weighted by Crippen LogP contribution is -2.42. The second kappa shape index (κ2) is 11.5. The van der Waals surface area contributed by atoms with Crippen LogP contribution in [0.4, 0.5) is 0 Å². The minimum atomic E-state index is -0.491. The number of likely N-dealkylation sites (tertiary alicyclic amines) is 1. The van der Waals surface area contributed by atoms with Gasteiger partial charge in [0, 0.05) is 44.9 Å². The molecule has 2 heterocycles. The third-order valence-electron chi connectivity index (χ3n) is 7.07. The van der Waals surface area contributed by atoms with E-state index in [1.165, 1.54) is 22.3 Å². The molecule has 0 aromatic heterocycles. The smallest absolute Gasteiger partial charge is 0.138 e. The first kappa shape index (κ1) is 25.0. The predicted octanol–water partition coefficient (Wildman–Crippen LogP) is 3.77. The van der Waals surface area contributed by atoms with Gasteiger partial charge in [-0.25, -0.2) is 0 Å². The third-order valence-corrected chi connectivity index (χ3v) is 7.07. The van der Waals surface area contributed by atoms with E-state index in [0.717, 1.165) is 44.1 Å². The van der Waals surface area contributed by atoms with Gasteiger partial charge in [-0.3, -0.25) is 4.90 Å². The van der Waals surface area contributed by atoms with E-state index in [1.807, 2.05) is 12.1 Å². The molecule has 4 rings (SSSR count). The summed E-state index contributed by atoms with van der Waals surface area (Å²) >= 11 is 0. The second-order valence-electron chi connectivity index (χ2n) is 10.0. The van der Waals surface area contributed by atoms with Crippen molar-refractivity contribution in [2.24, 2.45) is 0 Å². The molecule has 0 saturated carbocycles. The summed E-state index contributed by atoms with van der Waals surface area (Å²) < 4.78 is 17.6. The minimum absolute atomic E-state index is 0.214. The quantitative estimate of drug-likeness (QED) is 0.584. The van der Waals surface area contributed by atoms with Crippen LogP contribution < -0.4 is 14.8 Å². The van der Waals surface area contributed by atoms with Crippen LogP contribution in [0.1, 0.15) is 42.0 Å². The van der Waals surface area contributed by atoms with Gasteiger partial charge in [0.2, 0.25) is 0 Å². The van der Waals surface area contributed by atoms with Crippen LogP contribution in [0.2, 0.25) is 0 Å². The first-order valence-electron chi connectivity index (χ1n) is 12.6. The van der Waals surface area contributed by atoms with Crippen molar-refractivity contribution in [1.29, 1.82) is 0 Å². The number of aryl methyl sites for hydroxylation is 2. The van der Waals surface area contributed by atoms with Crippen LogP contribution in [0.3, 0.4) is 0 Å². The number of hydrogen-bond donors (Lipinski definition) is 2. The van der Waals surface area contributed by atoms with Gasteiger partial charge in [-0.15, -0.1) is 0 Å². The lowest BCUT2D eigenvalue weighted by molar-refractivity contribution is 0.0732. The SMILES string of the molecule is Cc1cc(O[C@H]2CN(Cc3ccc(OC[C@H](C)NC4CCOCC4)cc3)C[C@@H]2O)cc(C)c1C. The van der Waals surface area contributed by atoms with Gasteiger partial charge in [-0.1, -0.05) is 12.1 Å². The van der Waals surface area contributed by atoms with E-state index in [0.29, 0.717) is 31.8 Å². The van der Waals surface area contributed by atoms with Crippen molar-refractivity contribution < 1.29 is 19.3 Å². The second-order valence-corrected chi connectivity index (χ2v) is 10.0. The number of aliphatic hydroxyl groups is 1. The number of benzene rings is 2. The molecule has 0 radical (unpaired) electrons. The summed E-state index contributed by atoms with van der Waals surface area (Å²) in [4.78, 5) is 2.25. The summed E-state index contributed by atoms with van der Waals surface area (Å²) in [5.74, 6) is 1.73. The molecule has 2 aliphatic heterocycles. The standard InChI is InChI=1S/C28H40N2O4/c1-19-13-26(14-20(2)22(19)4)34-28-17-30(16-27(28)31)15-23-5-7-25(8-6-23)33-18-21(3)29-24-9-11-32-12-10-24/h5-8,13-14,21,24,27-29,31H,9-12,15-18H2,1-4H3/t21-,27-,28-/m0/s1. The van der Waals surface area contributed by atoms with Gasteiger partial charge in [0.15, 0.2) is 0 Å². The first-order valence-corrected chi connectivity index (χ1v) is 12.6. The Morgan fingerprint density at radius 2 is 1.71 bits per heavy atom. The Morgan fingerprint density at radius 1 is 1.03 bits per heavy atom. The summed E-state index contributed by atoms with van der Waals surface area (Å²) in [5, 5.41) is 14.2. The maximum atomic E-state index is 10.6. The lowest BCUT2D eigenvalue weighted by Gasteiger charge is -2.26. The maximum absolute atomic E-state index is 10.6. The molecule has 6 nitrogen and oxygen atoms in total. The normalized spacial score (nSPS) is 22.6. The molecule has 3 atom stereocenters. The molecule has 2 saturated heterocycles. The van der Waals surface area contributed by atoms with Gasteiger partial charge in [-0.05, 0) is 87.1 Å². The molecule has 2 aromatic carbocycles. The molecule has 0 amide bonds. The van der Waals surface area contributed by atoms with Crippen molar-refractivity contribution in [2.45, 2.75) is 71.4 Å². The number of aliphatic hydroxyl groups excluding tert-OH is 1. The topological polar surface area (TPSA) is 63.2 Å². The van der Waals surface area contributed by atoms with Gasteiger partial charge in [0.25, 0.3) is 0 Å². The van der Waals surface area contributed by atoms with Gasteiger partial charge >= 0.3 is 0 Å². The van der Waals surface area contributed by atoms with Crippen LogP contribution in [0.15, 0.2) is 36.4 Å².